The number of aryl methyl sites for hydroxylation is 2. The molecule has 0 aliphatic rings. The Morgan fingerprint density at radius 1 is 1.00 bits per heavy atom. The number of rotatable bonds is 7. The Hall–Kier alpha value is -2.18. The van der Waals surface area contributed by atoms with E-state index in [9.17, 15) is 13.2 Å². The summed E-state index contributed by atoms with van der Waals surface area (Å²) < 4.78 is 25.3. The summed E-state index contributed by atoms with van der Waals surface area (Å²) in [7, 11) is -2.12. The van der Waals surface area contributed by atoms with E-state index in [4.69, 9.17) is 0 Å². The number of anilines is 1. The lowest BCUT2D eigenvalue weighted by molar-refractivity contribution is -0.119. The summed E-state index contributed by atoms with van der Waals surface area (Å²) in [4.78, 5) is 13.1. The van der Waals surface area contributed by atoms with Crippen molar-refractivity contribution in [2.24, 2.45) is 0 Å². The largest absolute Gasteiger partial charge is 0.324 e. The fourth-order valence-corrected chi connectivity index (χ4v) is 3.55. The van der Waals surface area contributed by atoms with Gasteiger partial charge in [-0.1, -0.05) is 62.4 Å². The summed E-state index contributed by atoms with van der Waals surface area (Å²) in [5.41, 5.74) is 3.48. The van der Waals surface area contributed by atoms with Crippen molar-refractivity contribution in [2.75, 3.05) is 18.6 Å². The molecule has 1 amide bonds. The predicted octanol–water partition coefficient (Wildman–Crippen LogP) is 3.38. The molecule has 0 aromatic heterocycles. The third kappa shape index (κ3) is 4.51. The number of benzene rings is 2. The van der Waals surface area contributed by atoms with Crippen LogP contribution in [-0.2, 0) is 27.7 Å². The minimum Gasteiger partial charge on any atom is -0.324 e. The van der Waals surface area contributed by atoms with Gasteiger partial charge in [0.15, 0.2) is 0 Å². The van der Waals surface area contributed by atoms with E-state index in [1.54, 1.807) is 24.3 Å². The maximum absolute atomic E-state index is 13.1. The maximum atomic E-state index is 13.1. The fourth-order valence-electron chi connectivity index (χ4n) is 2.95. The van der Waals surface area contributed by atoms with E-state index in [0.717, 1.165) is 40.2 Å². The Morgan fingerprint density at radius 3 is 2.00 bits per heavy atom. The van der Waals surface area contributed by atoms with Gasteiger partial charge >= 0.3 is 0 Å². The molecule has 1 atom stereocenters. The number of amides is 1. The lowest BCUT2D eigenvalue weighted by Crippen LogP contribution is -2.38. The zero-order valence-electron chi connectivity index (χ0n) is 15.7. The molecule has 0 heterocycles. The van der Waals surface area contributed by atoms with Gasteiger partial charge in [-0.2, -0.15) is 4.31 Å². The molecule has 0 radical (unpaired) electrons. The van der Waals surface area contributed by atoms with Crippen LogP contribution in [0.4, 0.5) is 5.69 Å². The Morgan fingerprint density at radius 2 is 1.54 bits per heavy atom. The van der Waals surface area contributed by atoms with E-state index in [0.29, 0.717) is 5.56 Å². The topological polar surface area (TPSA) is 66.5 Å². The van der Waals surface area contributed by atoms with Gasteiger partial charge in [-0.25, -0.2) is 8.42 Å². The normalized spacial score (nSPS) is 12.8. The number of likely N-dealkylation sites (N-methyl/N-ethyl adjacent to an activating group) is 1. The fraction of sp³-hybridized carbons (Fsp3) is 0.350. The van der Waals surface area contributed by atoms with Crippen molar-refractivity contribution in [1.82, 2.24) is 4.31 Å². The van der Waals surface area contributed by atoms with Gasteiger partial charge in [-0.15, -0.1) is 0 Å². The first-order valence-corrected chi connectivity index (χ1v) is 10.5. The van der Waals surface area contributed by atoms with E-state index in [1.807, 2.05) is 38.1 Å². The molecule has 0 fully saturated rings. The van der Waals surface area contributed by atoms with Crippen LogP contribution in [0.2, 0.25) is 0 Å². The Labute approximate surface area is 156 Å². The highest BCUT2D eigenvalue weighted by molar-refractivity contribution is 7.88. The molecule has 2 rings (SSSR count). The SMILES string of the molecule is CCc1cccc(CC)c1NC(=O)[C@@H](c1ccccc1)N(C)S(C)(=O)=O. The zero-order valence-corrected chi connectivity index (χ0v) is 16.5. The maximum Gasteiger partial charge on any atom is 0.247 e. The van der Waals surface area contributed by atoms with Crippen LogP contribution >= 0.6 is 0 Å². The van der Waals surface area contributed by atoms with Gasteiger partial charge in [0.1, 0.15) is 6.04 Å². The number of nitrogens with zero attached hydrogens (tertiary/aromatic N) is 1. The number of carbonyl (C=O) groups is 1. The standard InChI is InChI=1S/C20H26N2O3S/c1-5-15-13-10-14-16(6-2)18(15)21-20(23)19(22(3)26(4,24)25)17-11-8-7-9-12-17/h7-14,19H,5-6H2,1-4H3,(H,21,23)/t19-/m1/s1. The van der Waals surface area contributed by atoms with E-state index in [1.165, 1.54) is 7.05 Å². The molecule has 0 spiro atoms. The summed E-state index contributed by atoms with van der Waals surface area (Å²) in [6.07, 6.45) is 2.66. The summed E-state index contributed by atoms with van der Waals surface area (Å²) >= 11 is 0. The van der Waals surface area contributed by atoms with Crippen LogP contribution in [0.25, 0.3) is 0 Å². The van der Waals surface area contributed by atoms with Gasteiger partial charge in [0, 0.05) is 12.7 Å². The molecule has 0 unspecified atom stereocenters. The number of carbonyl (C=O) groups excluding carboxylic acids is 1. The number of hydrogen-bond acceptors (Lipinski definition) is 3. The van der Waals surface area contributed by atoms with Crippen molar-refractivity contribution in [1.29, 1.82) is 0 Å². The van der Waals surface area contributed by atoms with Crippen molar-refractivity contribution in [3.8, 4) is 0 Å². The van der Waals surface area contributed by atoms with E-state index in [-0.39, 0.29) is 5.91 Å². The van der Waals surface area contributed by atoms with Crippen molar-refractivity contribution < 1.29 is 13.2 Å². The van der Waals surface area contributed by atoms with Crippen LogP contribution in [0.5, 0.6) is 0 Å². The van der Waals surface area contributed by atoms with Gasteiger partial charge in [0.25, 0.3) is 0 Å². The number of hydrogen-bond donors (Lipinski definition) is 1. The minimum absolute atomic E-state index is 0.361. The second kappa shape index (κ2) is 8.47. The molecular formula is C20H26N2O3S. The highest BCUT2D eigenvalue weighted by Gasteiger charge is 2.31. The van der Waals surface area contributed by atoms with Crippen LogP contribution in [-0.4, -0.2) is 31.9 Å². The highest BCUT2D eigenvalue weighted by atomic mass is 32.2. The van der Waals surface area contributed by atoms with Crippen LogP contribution in [0, 0.1) is 0 Å². The number of nitrogens with one attached hydrogen (secondary N) is 1. The molecule has 2 aromatic carbocycles. The van der Waals surface area contributed by atoms with Gasteiger partial charge in [0.2, 0.25) is 15.9 Å². The van der Waals surface area contributed by atoms with E-state index < -0.39 is 16.1 Å². The number of sulfonamides is 1. The first-order chi connectivity index (χ1) is 12.3. The Kier molecular flexibility index (Phi) is 6.56. The van der Waals surface area contributed by atoms with Crippen molar-refractivity contribution in [3.63, 3.8) is 0 Å². The van der Waals surface area contributed by atoms with Crippen molar-refractivity contribution in [2.45, 2.75) is 32.7 Å². The van der Waals surface area contributed by atoms with Gasteiger partial charge in [0.05, 0.1) is 6.26 Å². The van der Waals surface area contributed by atoms with Gasteiger partial charge in [-0.3, -0.25) is 4.79 Å². The van der Waals surface area contributed by atoms with Gasteiger partial charge in [-0.05, 0) is 29.5 Å². The van der Waals surface area contributed by atoms with Crippen LogP contribution in [0.3, 0.4) is 0 Å². The molecule has 0 saturated carbocycles. The summed E-state index contributed by atoms with van der Waals surface area (Å²) in [5.74, 6) is -0.361. The molecule has 0 aliphatic heterocycles. The van der Waals surface area contributed by atoms with Crippen LogP contribution in [0.1, 0.15) is 36.6 Å². The Bertz CT molecular complexity index is 842. The monoisotopic (exact) mass is 374 g/mol. The third-order valence-electron chi connectivity index (χ3n) is 4.50. The summed E-state index contributed by atoms with van der Waals surface area (Å²) in [6, 6.07) is 14.0. The molecule has 0 saturated heterocycles. The molecule has 140 valence electrons. The molecule has 26 heavy (non-hydrogen) atoms. The predicted molar refractivity (Wildman–Crippen MR) is 106 cm³/mol. The number of para-hydroxylation sites is 1. The first kappa shape index (κ1) is 20.1. The lowest BCUT2D eigenvalue weighted by atomic mass is 10.0. The van der Waals surface area contributed by atoms with E-state index >= 15 is 0 Å². The van der Waals surface area contributed by atoms with Crippen LogP contribution in [0.15, 0.2) is 48.5 Å². The zero-order chi connectivity index (χ0) is 19.3. The highest BCUT2D eigenvalue weighted by Crippen LogP contribution is 2.27. The minimum atomic E-state index is -3.55. The average Bonchev–Trinajstić information content (AvgIpc) is 2.62. The second-order valence-electron chi connectivity index (χ2n) is 6.24. The quantitative estimate of drug-likeness (QED) is 0.808. The van der Waals surface area contributed by atoms with Crippen LogP contribution < -0.4 is 5.32 Å². The Balaban J connectivity index is 2.46. The molecule has 5 nitrogen and oxygen atoms in total. The molecule has 1 N–H and O–H groups in total. The molecule has 0 bridgehead atoms. The van der Waals surface area contributed by atoms with Crippen molar-refractivity contribution in [3.05, 3.63) is 65.2 Å². The smallest absolute Gasteiger partial charge is 0.247 e. The second-order valence-corrected chi connectivity index (χ2v) is 8.28. The van der Waals surface area contributed by atoms with E-state index in [2.05, 4.69) is 5.32 Å². The molecular weight excluding hydrogens is 348 g/mol. The lowest BCUT2D eigenvalue weighted by Gasteiger charge is -2.26. The first-order valence-electron chi connectivity index (χ1n) is 8.69. The molecule has 0 aliphatic carbocycles. The molecule has 2 aromatic rings. The average molecular weight is 375 g/mol. The molecule has 6 heteroatoms. The summed E-state index contributed by atoms with van der Waals surface area (Å²) in [5, 5.41) is 2.99. The van der Waals surface area contributed by atoms with Gasteiger partial charge < -0.3 is 5.32 Å². The van der Waals surface area contributed by atoms with Crippen molar-refractivity contribution >= 4 is 21.6 Å². The summed E-state index contributed by atoms with van der Waals surface area (Å²) in [6.45, 7) is 4.06. The third-order valence-corrected chi connectivity index (χ3v) is 5.75.